The second kappa shape index (κ2) is 8.74. The Morgan fingerprint density at radius 3 is 2.57 bits per heavy atom. The molecule has 118 valence electrons. The van der Waals surface area contributed by atoms with Crippen LogP contribution in [0.1, 0.15) is 26.7 Å². The Hall–Kier alpha value is -1.46. The van der Waals surface area contributed by atoms with Gasteiger partial charge in [-0.05, 0) is 18.1 Å². The van der Waals surface area contributed by atoms with E-state index in [1.165, 1.54) is 0 Å². The summed E-state index contributed by atoms with van der Waals surface area (Å²) in [5, 5.41) is 15.6. The van der Waals surface area contributed by atoms with E-state index >= 15 is 0 Å². The fourth-order valence-electron chi connectivity index (χ4n) is 2.09. The third-order valence-electron chi connectivity index (χ3n) is 3.49. The normalized spacial score (nSPS) is 12.1. The molecular weight excluding hydrogens is 292 g/mol. The van der Waals surface area contributed by atoms with Gasteiger partial charge in [-0.3, -0.25) is 0 Å². The Bertz CT molecular complexity index is 464. The van der Waals surface area contributed by atoms with Gasteiger partial charge in [-0.1, -0.05) is 38.3 Å². The number of halogens is 1. The fraction of sp³-hybridized carbons (Fsp3) is 0.533. The van der Waals surface area contributed by atoms with Crippen LogP contribution in [-0.2, 0) is 0 Å². The maximum absolute atomic E-state index is 11.8. The molecule has 0 aliphatic carbocycles. The Kier molecular flexibility index (Phi) is 7.32. The minimum absolute atomic E-state index is 0.190. The topological polar surface area (TPSA) is 70.6 Å². The van der Waals surface area contributed by atoms with E-state index in [4.69, 9.17) is 16.3 Å². The van der Waals surface area contributed by atoms with Crippen molar-refractivity contribution in [1.82, 2.24) is 5.32 Å². The summed E-state index contributed by atoms with van der Waals surface area (Å²) < 4.78 is 5.04. The first-order chi connectivity index (χ1) is 10.0. The Morgan fingerprint density at radius 1 is 1.38 bits per heavy atom. The molecule has 0 fully saturated rings. The molecule has 1 atom stereocenters. The van der Waals surface area contributed by atoms with Crippen molar-refractivity contribution >= 4 is 23.3 Å². The van der Waals surface area contributed by atoms with Gasteiger partial charge in [0.1, 0.15) is 5.75 Å². The lowest BCUT2D eigenvalue weighted by molar-refractivity contribution is 0.104. The molecule has 0 aliphatic heterocycles. The SMILES string of the molecule is CCC(CC)C(O)CNC(=O)Nc1ccc(OC)cc1Cl. The highest BCUT2D eigenvalue weighted by atomic mass is 35.5. The number of carbonyl (C=O) groups excluding carboxylic acids is 1. The van der Waals surface area contributed by atoms with Gasteiger partial charge in [0, 0.05) is 12.6 Å². The monoisotopic (exact) mass is 314 g/mol. The smallest absolute Gasteiger partial charge is 0.319 e. The summed E-state index contributed by atoms with van der Waals surface area (Å²) in [5.41, 5.74) is 0.493. The number of benzene rings is 1. The van der Waals surface area contributed by atoms with Gasteiger partial charge in [0.15, 0.2) is 0 Å². The molecule has 0 heterocycles. The predicted octanol–water partition coefficient (Wildman–Crippen LogP) is 3.27. The van der Waals surface area contributed by atoms with Crippen LogP contribution >= 0.6 is 11.6 Å². The fourth-order valence-corrected chi connectivity index (χ4v) is 2.31. The average Bonchev–Trinajstić information content (AvgIpc) is 2.48. The lowest BCUT2D eigenvalue weighted by atomic mass is 9.97. The van der Waals surface area contributed by atoms with Gasteiger partial charge < -0.3 is 20.5 Å². The standard InChI is InChI=1S/C15H23ClN2O3/c1-4-10(5-2)14(19)9-17-15(20)18-13-7-6-11(21-3)8-12(13)16/h6-8,10,14,19H,4-5,9H2,1-3H3,(H2,17,18,20). The van der Waals surface area contributed by atoms with Crippen molar-refractivity contribution in [3.05, 3.63) is 23.2 Å². The lowest BCUT2D eigenvalue weighted by Crippen LogP contribution is -2.38. The van der Waals surface area contributed by atoms with Gasteiger partial charge in [-0.25, -0.2) is 4.79 Å². The summed E-state index contributed by atoms with van der Waals surface area (Å²) in [6.45, 7) is 4.26. The van der Waals surface area contributed by atoms with Crippen LogP contribution < -0.4 is 15.4 Å². The number of hydrogen-bond donors (Lipinski definition) is 3. The number of carbonyl (C=O) groups is 1. The number of amides is 2. The van der Waals surface area contributed by atoms with Crippen molar-refractivity contribution in [3.63, 3.8) is 0 Å². The van der Waals surface area contributed by atoms with E-state index in [1.807, 2.05) is 13.8 Å². The minimum Gasteiger partial charge on any atom is -0.497 e. The van der Waals surface area contributed by atoms with E-state index in [-0.39, 0.29) is 12.5 Å². The quantitative estimate of drug-likeness (QED) is 0.723. The van der Waals surface area contributed by atoms with Crippen LogP contribution in [0.5, 0.6) is 5.75 Å². The molecule has 21 heavy (non-hydrogen) atoms. The van der Waals surface area contributed by atoms with Crippen LogP contribution in [0.4, 0.5) is 10.5 Å². The highest BCUT2D eigenvalue weighted by Crippen LogP contribution is 2.26. The number of aliphatic hydroxyl groups excluding tert-OH is 1. The molecular formula is C15H23ClN2O3. The molecule has 1 rings (SSSR count). The van der Waals surface area contributed by atoms with Gasteiger partial charge in [-0.15, -0.1) is 0 Å². The first kappa shape index (κ1) is 17.6. The third-order valence-corrected chi connectivity index (χ3v) is 3.80. The highest BCUT2D eigenvalue weighted by Gasteiger charge is 2.16. The zero-order chi connectivity index (χ0) is 15.8. The van der Waals surface area contributed by atoms with E-state index in [2.05, 4.69) is 10.6 Å². The van der Waals surface area contributed by atoms with Gasteiger partial charge in [0.25, 0.3) is 0 Å². The van der Waals surface area contributed by atoms with Crippen molar-refractivity contribution in [3.8, 4) is 5.75 Å². The number of aliphatic hydroxyl groups is 1. The molecule has 1 unspecified atom stereocenters. The zero-order valence-corrected chi connectivity index (χ0v) is 13.4. The molecule has 0 aromatic heterocycles. The second-order valence-corrected chi connectivity index (χ2v) is 5.23. The number of urea groups is 1. The number of hydrogen-bond acceptors (Lipinski definition) is 3. The van der Waals surface area contributed by atoms with E-state index in [0.29, 0.717) is 16.5 Å². The summed E-state index contributed by atoms with van der Waals surface area (Å²) in [6, 6.07) is 4.60. The Balaban J connectivity index is 2.50. The molecule has 0 saturated carbocycles. The van der Waals surface area contributed by atoms with Crippen molar-refractivity contribution in [2.24, 2.45) is 5.92 Å². The van der Waals surface area contributed by atoms with Crippen LogP contribution in [-0.4, -0.2) is 30.9 Å². The molecule has 0 spiro atoms. The first-order valence-electron chi connectivity index (χ1n) is 7.08. The molecule has 0 radical (unpaired) electrons. The molecule has 6 heteroatoms. The second-order valence-electron chi connectivity index (χ2n) is 4.82. The number of rotatable bonds is 7. The van der Waals surface area contributed by atoms with Crippen LogP contribution in [0.3, 0.4) is 0 Å². The van der Waals surface area contributed by atoms with Gasteiger partial charge in [0.05, 0.1) is 23.9 Å². The molecule has 0 bridgehead atoms. The minimum atomic E-state index is -0.544. The zero-order valence-electron chi connectivity index (χ0n) is 12.6. The van der Waals surface area contributed by atoms with Crippen molar-refractivity contribution in [2.45, 2.75) is 32.8 Å². The van der Waals surface area contributed by atoms with Crippen LogP contribution in [0.25, 0.3) is 0 Å². The van der Waals surface area contributed by atoms with Crippen LogP contribution in [0.2, 0.25) is 5.02 Å². The number of methoxy groups -OCH3 is 1. The van der Waals surface area contributed by atoms with E-state index in [1.54, 1.807) is 25.3 Å². The molecule has 1 aromatic carbocycles. The Morgan fingerprint density at radius 2 is 2.05 bits per heavy atom. The van der Waals surface area contributed by atoms with Crippen LogP contribution in [0.15, 0.2) is 18.2 Å². The summed E-state index contributed by atoms with van der Waals surface area (Å²) in [5.74, 6) is 0.810. The average molecular weight is 315 g/mol. The van der Waals surface area contributed by atoms with Gasteiger partial charge >= 0.3 is 6.03 Å². The largest absolute Gasteiger partial charge is 0.497 e. The maximum Gasteiger partial charge on any atom is 0.319 e. The van der Waals surface area contributed by atoms with Crippen molar-refractivity contribution in [1.29, 1.82) is 0 Å². The summed E-state index contributed by atoms with van der Waals surface area (Å²) in [6.07, 6.45) is 1.22. The first-order valence-corrected chi connectivity index (χ1v) is 7.46. The van der Waals surface area contributed by atoms with Crippen molar-refractivity contribution < 1.29 is 14.6 Å². The summed E-state index contributed by atoms with van der Waals surface area (Å²) >= 11 is 6.04. The molecule has 0 aliphatic rings. The van der Waals surface area contributed by atoms with E-state index < -0.39 is 12.1 Å². The summed E-state index contributed by atoms with van der Waals surface area (Å²) in [7, 11) is 1.55. The molecule has 0 saturated heterocycles. The molecule has 5 nitrogen and oxygen atoms in total. The van der Waals surface area contributed by atoms with Gasteiger partial charge in [-0.2, -0.15) is 0 Å². The van der Waals surface area contributed by atoms with Crippen LogP contribution in [0, 0.1) is 5.92 Å². The van der Waals surface area contributed by atoms with E-state index in [0.717, 1.165) is 12.8 Å². The predicted molar refractivity (Wildman–Crippen MR) is 85.1 cm³/mol. The Labute approximate surface area is 130 Å². The maximum atomic E-state index is 11.8. The van der Waals surface area contributed by atoms with Crippen molar-refractivity contribution in [2.75, 3.05) is 19.0 Å². The van der Waals surface area contributed by atoms with E-state index in [9.17, 15) is 9.90 Å². The number of nitrogens with one attached hydrogen (secondary N) is 2. The number of anilines is 1. The molecule has 3 N–H and O–H groups in total. The number of ether oxygens (including phenoxy) is 1. The highest BCUT2D eigenvalue weighted by molar-refractivity contribution is 6.33. The lowest BCUT2D eigenvalue weighted by Gasteiger charge is -2.20. The van der Waals surface area contributed by atoms with Gasteiger partial charge in [0.2, 0.25) is 0 Å². The molecule has 1 aromatic rings. The molecule has 2 amide bonds. The summed E-state index contributed by atoms with van der Waals surface area (Å²) in [4.78, 5) is 11.8. The third kappa shape index (κ3) is 5.44.